The van der Waals surface area contributed by atoms with E-state index in [2.05, 4.69) is 34.6 Å². The van der Waals surface area contributed by atoms with E-state index < -0.39 is 0 Å². The van der Waals surface area contributed by atoms with E-state index in [1.807, 2.05) is 6.08 Å². The summed E-state index contributed by atoms with van der Waals surface area (Å²) in [6.45, 7) is 11.9. The van der Waals surface area contributed by atoms with Crippen molar-refractivity contribution in [2.24, 2.45) is 28.6 Å². The first-order valence-electron chi connectivity index (χ1n) is 9.06. The van der Waals surface area contributed by atoms with Crippen LogP contribution in [0, 0.1) is 28.6 Å². The maximum atomic E-state index is 12.2. The average Bonchev–Trinajstić information content (AvgIpc) is 2.45. The van der Waals surface area contributed by atoms with Gasteiger partial charge in [0.05, 0.1) is 0 Å². The summed E-state index contributed by atoms with van der Waals surface area (Å²) < 4.78 is 0. The highest BCUT2D eigenvalue weighted by Gasteiger charge is 2.54. The largest absolute Gasteiger partial charge is 0.396 e. The molecule has 2 rings (SSSR count). The molecule has 2 aliphatic rings. The maximum absolute atomic E-state index is 12.2. The number of ketones is 1. The monoisotopic (exact) mass is 306 g/mol. The first-order valence-corrected chi connectivity index (χ1v) is 9.06. The zero-order valence-corrected chi connectivity index (χ0v) is 15.1. The summed E-state index contributed by atoms with van der Waals surface area (Å²) in [5.74, 6) is 2.04. The zero-order valence-electron chi connectivity index (χ0n) is 15.1. The molecule has 0 saturated heterocycles. The molecule has 1 N–H and O–H groups in total. The van der Waals surface area contributed by atoms with E-state index in [4.69, 9.17) is 5.11 Å². The summed E-state index contributed by atoms with van der Waals surface area (Å²) in [6, 6.07) is 0. The van der Waals surface area contributed by atoms with Gasteiger partial charge >= 0.3 is 0 Å². The normalized spacial score (nSPS) is 40.1. The summed E-state index contributed by atoms with van der Waals surface area (Å²) in [6.07, 6.45) is 8.34. The second-order valence-corrected chi connectivity index (χ2v) is 8.57. The fourth-order valence-electron chi connectivity index (χ4n) is 5.03. The number of carbonyl (C=O) groups excluding carboxylic acids is 1. The first-order chi connectivity index (χ1) is 10.2. The van der Waals surface area contributed by atoms with Crippen LogP contribution in [0.1, 0.15) is 73.1 Å². The molecule has 0 aromatic heterocycles. The number of rotatable bonds is 5. The molecular weight excluding hydrogens is 272 g/mol. The SMILES string of the molecule is CC1=CC(=O)C[C@@H]2[C@](C)(CC[C@H](C)CCO)[C@@H](C)CC[C@@]12C. The predicted molar refractivity (Wildman–Crippen MR) is 91.6 cm³/mol. The molecule has 1 saturated carbocycles. The molecule has 0 spiro atoms. The summed E-state index contributed by atoms with van der Waals surface area (Å²) in [4.78, 5) is 12.2. The molecule has 0 unspecified atom stereocenters. The molecule has 2 aliphatic carbocycles. The molecule has 126 valence electrons. The third kappa shape index (κ3) is 3.04. The Morgan fingerprint density at radius 1 is 1.36 bits per heavy atom. The maximum Gasteiger partial charge on any atom is 0.155 e. The second kappa shape index (κ2) is 6.47. The minimum Gasteiger partial charge on any atom is -0.396 e. The Bertz CT molecular complexity index is 453. The molecule has 2 nitrogen and oxygen atoms in total. The third-order valence-corrected chi connectivity index (χ3v) is 7.27. The molecule has 0 heterocycles. The summed E-state index contributed by atoms with van der Waals surface area (Å²) >= 11 is 0. The molecule has 22 heavy (non-hydrogen) atoms. The zero-order chi connectivity index (χ0) is 16.5. The number of hydrogen-bond acceptors (Lipinski definition) is 2. The van der Waals surface area contributed by atoms with Gasteiger partial charge in [-0.3, -0.25) is 4.79 Å². The molecule has 0 radical (unpaired) electrons. The van der Waals surface area contributed by atoms with Crippen LogP contribution in [0.25, 0.3) is 0 Å². The number of hydrogen-bond donors (Lipinski definition) is 1. The third-order valence-electron chi connectivity index (χ3n) is 7.27. The van der Waals surface area contributed by atoms with Crippen molar-refractivity contribution in [2.75, 3.05) is 6.61 Å². The van der Waals surface area contributed by atoms with Gasteiger partial charge in [-0.15, -0.1) is 0 Å². The minimum atomic E-state index is 0.204. The van der Waals surface area contributed by atoms with Gasteiger partial charge in [0.25, 0.3) is 0 Å². The predicted octanol–water partition coefficient (Wildman–Crippen LogP) is 4.76. The molecular formula is C20H34O2. The second-order valence-electron chi connectivity index (χ2n) is 8.57. The van der Waals surface area contributed by atoms with Gasteiger partial charge in [0, 0.05) is 13.0 Å². The van der Waals surface area contributed by atoms with Crippen molar-refractivity contribution in [3.8, 4) is 0 Å². The van der Waals surface area contributed by atoms with Crippen molar-refractivity contribution in [1.82, 2.24) is 0 Å². The molecule has 0 aromatic rings. The van der Waals surface area contributed by atoms with Gasteiger partial charge < -0.3 is 5.11 Å². The fourth-order valence-corrected chi connectivity index (χ4v) is 5.03. The van der Waals surface area contributed by atoms with Crippen LogP contribution in [0.4, 0.5) is 0 Å². The van der Waals surface area contributed by atoms with Crippen molar-refractivity contribution in [1.29, 1.82) is 0 Å². The Morgan fingerprint density at radius 2 is 2.05 bits per heavy atom. The Kier molecular flexibility index (Phi) is 5.21. The topological polar surface area (TPSA) is 37.3 Å². The lowest BCUT2D eigenvalue weighted by atomic mass is 9.46. The smallest absolute Gasteiger partial charge is 0.155 e. The number of aliphatic hydroxyl groups excluding tert-OH is 1. The van der Waals surface area contributed by atoms with Crippen LogP contribution < -0.4 is 0 Å². The molecule has 1 fully saturated rings. The first kappa shape index (κ1) is 17.7. The Morgan fingerprint density at radius 3 is 2.68 bits per heavy atom. The van der Waals surface area contributed by atoms with E-state index in [1.54, 1.807) is 0 Å². The molecule has 0 aromatic carbocycles. The van der Waals surface area contributed by atoms with Crippen LogP contribution in [0.15, 0.2) is 11.6 Å². The van der Waals surface area contributed by atoms with Gasteiger partial charge in [-0.1, -0.05) is 39.7 Å². The summed E-state index contributed by atoms with van der Waals surface area (Å²) in [5, 5.41) is 9.14. The molecule has 0 bridgehead atoms. The lowest BCUT2D eigenvalue weighted by molar-refractivity contribution is -0.123. The number of allylic oxidation sites excluding steroid dienone is 2. The van der Waals surface area contributed by atoms with Crippen molar-refractivity contribution in [3.63, 3.8) is 0 Å². The van der Waals surface area contributed by atoms with E-state index in [0.29, 0.717) is 23.5 Å². The lowest BCUT2D eigenvalue weighted by Crippen LogP contribution is -2.51. The highest BCUT2D eigenvalue weighted by molar-refractivity contribution is 5.92. The van der Waals surface area contributed by atoms with E-state index in [1.165, 1.54) is 24.8 Å². The van der Waals surface area contributed by atoms with Crippen molar-refractivity contribution in [2.45, 2.75) is 73.1 Å². The van der Waals surface area contributed by atoms with Crippen LogP contribution in [0.2, 0.25) is 0 Å². The van der Waals surface area contributed by atoms with E-state index in [-0.39, 0.29) is 17.4 Å². The Balaban J connectivity index is 2.24. The van der Waals surface area contributed by atoms with Crippen molar-refractivity contribution >= 4 is 5.78 Å². The highest BCUT2D eigenvalue weighted by atomic mass is 16.3. The van der Waals surface area contributed by atoms with Gasteiger partial charge in [0.2, 0.25) is 0 Å². The van der Waals surface area contributed by atoms with Crippen molar-refractivity contribution in [3.05, 3.63) is 11.6 Å². The molecule has 0 amide bonds. The van der Waals surface area contributed by atoms with Crippen LogP contribution >= 0.6 is 0 Å². The fraction of sp³-hybridized carbons (Fsp3) is 0.850. The van der Waals surface area contributed by atoms with Crippen molar-refractivity contribution < 1.29 is 9.90 Å². The summed E-state index contributed by atoms with van der Waals surface area (Å²) in [5.41, 5.74) is 1.74. The number of carbonyl (C=O) groups is 1. The van der Waals surface area contributed by atoms with Crippen LogP contribution in [-0.2, 0) is 4.79 Å². The lowest BCUT2D eigenvalue weighted by Gasteiger charge is -2.57. The molecule has 2 heteroatoms. The summed E-state index contributed by atoms with van der Waals surface area (Å²) in [7, 11) is 0. The van der Waals surface area contributed by atoms with E-state index in [0.717, 1.165) is 19.3 Å². The quantitative estimate of drug-likeness (QED) is 0.795. The number of fused-ring (bicyclic) bond motifs is 1. The van der Waals surface area contributed by atoms with Gasteiger partial charge in [-0.05, 0) is 67.3 Å². The highest BCUT2D eigenvalue weighted by Crippen LogP contribution is 2.61. The van der Waals surface area contributed by atoms with Gasteiger partial charge in [-0.25, -0.2) is 0 Å². The molecule has 0 aliphatic heterocycles. The Labute approximate surface area is 136 Å². The van der Waals surface area contributed by atoms with Gasteiger partial charge in [0.1, 0.15) is 0 Å². The molecule has 5 atom stereocenters. The van der Waals surface area contributed by atoms with Crippen LogP contribution in [0.5, 0.6) is 0 Å². The van der Waals surface area contributed by atoms with Crippen LogP contribution in [-0.4, -0.2) is 17.5 Å². The minimum absolute atomic E-state index is 0.204. The van der Waals surface area contributed by atoms with E-state index >= 15 is 0 Å². The number of aliphatic hydroxyl groups is 1. The Hall–Kier alpha value is -0.630. The van der Waals surface area contributed by atoms with Gasteiger partial charge in [0.15, 0.2) is 5.78 Å². The van der Waals surface area contributed by atoms with Gasteiger partial charge in [-0.2, -0.15) is 0 Å². The van der Waals surface area contributed by atoms with E-state index in [9.17, 15) is 4.79 Å². The standard InChI is InChI=1S/C20H34O2/c1-14(8-11-21)6-9-19(4)15(2)7-10-20(5)16(3)12-17(22)13-18(19)20/h12,14-15,18,21H,6-11,13H2,1-5H3/t14-,15-,18+,19+,20-/m0/s1. The van der Waals surface area contributed by atoms with Crippen LogP contribution in [0.3, 0.4) is 0 Å². The average molecular weight is 306 g/mol.